The summed E-state index contributed by atoms with van der Waals surface area (Å²) in [6.45, 7) is 5.73. The fraction of sp³-hybridized carbons (Fsp3) is 0.625. The molecule has 0 saturated carbocycles. The van der Waals surface area contributed by atoms with Crippen LogP contribution in [0.4, 0.5) is 0 Å². The molecule has 1 aliphatic rings. The van der Waals surface area contributed by atoms with E-state index in [1.165, 1.54) is 6.07 Å². The molecule has 1 aromatic rings. The molecule has 0 bridgehead atoms. The van der Waals surface area contributed by atoms with E-state index in [0.29, 0.717) is 18.2 Å². The van der Waals surface area contributed by atoms with Gasteiger partial charge in [-0.15, -0.1) is 0 Å². The molecule has 0 amide bonds. The minimum absolute atomic E-state index is 0.0516. The monoisotopic (exact) mass is 376 g/mol. The van der Waals surface area contributed by atoms with Crippen molar-refractivity contribution in [3.05, 3.63) is 23.2 Å². The van der Waals surface area contributed by atoms with Crippen molar-refractivity contribution in [1.29, 1.82) is 0 Å². The van der Waals surface area contributed by atoms with Gasteiger partial charge in [-0.2, -0.15) is 0 Å². The Bertz CT molecular complexity index is 653. The van der Waals surface area contributed by atoms with Gasteiger partial charge < -0.3 is 14.8 Å². The van der Waals surface area contributed by atoms with Crippen LogP contribution in [0.1, 0.15) is 20.3 Å². The van der Waals surface area contributed by atoms with Gasteiger partial charge in [0.2, 0.25) is 10.0 Å². The zero-order chi connectivity index (χ0) is 17.7. The molecule has 0 aromatic heterocycles. The van der Waals surface area contributed by atoms with Crippen molar-refractivity contribution in [3.63, 3.8) is 0 Å². The number of ether oxygens (including phenoxy) is 2. The maximum Gasteiger partial charge on any atom is 0.244 e. The lowest BCUT2D eigenvalue weighted by atomic mass is 9.96. The average molecular weight is 377 g/mol. The number of hydrogen-bond acceptors (Lipinski definition) is 5. The largest absolute Gasteiger partial charge is 0.487 e. The van der Waals surface area contributed by atoms with E-state index in [0.717, 1.165) is 13.0 Å². The van der Waals surface area contributed by atoms with Gasteiger partial charge in [-0.05, 0) is 44.0 Å². The van der Waals surface area contributed by atoms with Crippen LogP contribution in [-0.2, 0) is 14.8 Å². The van der Waals surface area contributed by atoms with Crippen LogP contribution < -0.4 is 14.8 Å². The smallest absolute Gasteiger partial charge is 0.244 e. The Morgan fingerprint density at radius 3 is 2.88 bits per heavy atom. The van der Waals surface area contributed by atoms with Gasteiger partial charge in [0.25, 0.3) is 0 Å². The molecule has 2 N–H and O–H groups in total. The van der Waals surface area contributed by atoms with Gasteiger partial charge in [0.1, 0.15) is 16.7 Å². The fourth-order valence-corrected chi connectivity index (χ4v) is 4.43. The quantitative estimate of drug-likeness (QED) is 0.761. The van der Waals surface area contributed by atoms with Gasteiger partial charge in [0, 0.05) is 24.7 Å². The van der Waals surface area contributed by atoms with Gasteiger partial charge in [-0.25, -0.2) is 13.1 Å². The van der Waals surface area contributed by atoms with Crippen LogP contribution in [0.5, 0.6) is 5.75 Å². The summed E-state index contributed by atoms with van der Waals surface area (Å²) in [6.07, 6.45) is 0.650. The third kappa shape index (κ3) is 5.07. The maximum absolute atomic E-state index is 12.8. The third-order valence-electron chi connectivity index (χ3n) is 4.06. The zero-order valence-corrected chi connectivity index (χ0v) is 15.8. The first-order valence-corrected chi connectivity index (χ1v) is 9.88. The second-order valence-electron chi connectivity index (χ2n) is 6.17. The number of benzene rings is 1. The summed E-state index contributed by atoms with van der Waals surface area (Å²) in [7, 11) is -2.18. The van der Waals surface area contributed by atoms with Gasteiger partial charge >= 0.3 is 0 Å². The fourth-order valence-electron chi connectivity index (χ4n) is 2.69. The predicted molar refractivity (Wildman–Crippen MR) is 94.2 cm³/mol. The van der Waals surface area contributed by atoms with Crippen molar-refractivity contribution >= 4 is 21.6 Å². The van der Waals surface area contributed by atoms with Crippen molar-refractivity contribution in [2.24, 2.45) is 5.92 Å². The van der Waals surface area contributed by atoms with Crippen LogP contribution >= 0.6 is 11.6 Å². The SMILES string of the molecule is COCC(C)Oc1ccc(Cl)cc1S(=O)(=O)NC1CNCCC1C. The standard InChI is InChI=1S/C16H25ClN2O4S/c1-11-6-7-18-9-14(11)19-24(20,21)16-8-13(17)4-5-15(16)23-12(2)10-22-3/h4-5,8,11-12,14,18-19H,6-7,9-10H2,1-3H3. The van der Waals surface area contributed by atoms with E-state index in [1.807, 2.05) is 13.8 Å². The molecule has 2 rings (SSSR count). The molecule has 8 heteroatoms. The Morgan fingerprint density at radius 2 is 2.21 bits per heavy atom. The number of piperidine rings is 1. The molecule has 0 aliphatic carbocycles. The molecule has 3 unspecified atom stereocenters. The highest BCUT2D eigenvalue weighted by Gasteiger charge is 2.29. The van der Waals surface area contributed by atoms with Crippen LogP contribution in [0.15, 0.2) is 23.1 Å². The summed E-state index contributed by atoms with van der Waals surface area (Å²) in [5.74, 6) is 0.532. The lowest BCUT2D eigenvalue weighted by Gasteiger charge is -2.30. The summed E-state index contributed by atoms with van der Waals surface area (Å²) in [5.41, 5.74) is 0. The van der Waals surface area contributed by atoms with E-state index in [-0.39, 0.29) is 28.7 Å². The average Bonchev–Trinajstić information content (AvgIpc) is 2.51. The van der Waals surface area contributed by atoms with Crippen LogP contribution in [0.3, 0.4) is 0 Å². The van der Waals surface area contributed by atoms with E-state index in [1.54, 1.807) is 19.2 Å². The van der Waals surface area contributed by atoms with Crippen molar-refractivity contribution in [1.82, 2.24) is 10.0 Å². The first kappa shape index (κ1) is 19.5. The normalized spacial score (nSPS) is 23.0. The van der Waals surface area contributed by atoms with Crippen molar-refractivity contribution in [2.75, 3.05) is 26.8 Å². The molecular formula is C16H25ClN2O4S. The lowest BCUT2D eigenvalue weighted by molar-refractivity contribution is 0.0901. The van der Waals surface area contributed by atoms with Gasteiger partial charge in [0.05, 0.1) is 6.61 Å². The van der Waals surface area contributed by atoms with E-state index in [4.69, 9.17) is 21.1 Å². The van der Waals surface area contributed by atoms with Crippen molar-refractivity contribution < 1.29 is 17.9 Å². The molecular weight excluding hydrogens is 352 g/mol. The molecule has 6 nitrogen and oxygen atoms in total. The molecule has 24 heavy (non-hydrogen) atoms. The van der Waals surface area contributed by atoms with Crippen molar-refractivity contribution in [3.8, 4) is 5.75 Å². The number of rotatable bonds is 7. The summed E-state index contributed by atoms with van der Waals surface area (Å²) in [6, 6.07) is 4.44. The van der Waals surface area contributed by atoms with Gasteiger partial charge in [-0.3, -0.25) is 0 Å². The summed E-state index contributed by atoms with van der Waals surface area (Å²) >= 11 is 6.01. The number of halogens is 1. The number of hydrogen-bond donors (Lipinski definition) is 2. The van der Waals surface area contributed by atoms with Gasteiger partial charge in [0.15, 0.2) is 0 Å². The van der Waals surface area contributed by atoms with E-state index >= 15 is 0 Å². The molecule has 0 radical (unpaired) electrons. The highest BCUT2D eigenvalue weighted by atomic mass is 35.5. The van der Waals surface area contributed by atoms with E-state index in [9.17, 15) is 8.42 Å². The lowest BCUT2D eigenvalue weighted by Crippen LogP contribution is -2.50. The Morgan fingerprint density at radius 1 is 1.46 bits per heavy atom. The molecule has 136 valence electrons. The number of nitrogens with one attached hydrogen (secondary N) is 2. The Labute approximate surface area is 148 Å². The number of sulfonamides is 1. The Hall–Kier alpha value is -0.860. The highest BCUT2D eigenvalue weighted by Crippen LogP contribution is 2.29. The first-order valence-electron chi connectivity index (χ1n) is 8.01. The molecule has 1 aliphatic heterocycles. The zero-order valence-electron chi connectivity index (χ0n) is 14.2. The number of methoxy groups -OCH3 is 1. The second-order valence-corrected chi connectivity index (χ2v) is 8.29. The molecule has 1 aromatic carbocycles. The summed E-state index contributed by atoms with van der Waals surface area (Å²) in [4.78, 5) is 0.0516. The Kier molecular flexibility index (Phi) is 6.88. The van der Waals surface area contributed by atoms with Crippen LogP contribution in [0.25, 0.3) is 0 Å². The maximum atomic E-state index is 12.8. The molecule has 0 spiro atoms. The van der Waals surface area contributed by atoms with Crippen LogP contribution in [0, 0.1) is 5.92 Å². The molecule has 1 fully saturated rings. The van der Waals surface area contributed by atoms with E-state index in [2.05, 4.69) is 10.0 Å². The van der Waals surface area contributed by atoms with Crippen LogP contribution in [0.2, 0.25) is 5.02 Å². The molecule has 1 saturated heterocycles. The first-order chi connectivity index (χ1) is 11.3. The topological polar surface area (TPSA) is 76.7 Å². The van der Waals surface area contributed by atoms with Crippen molar-refractivity contribution in [2.45, 2.75) is 37.3 Å². The van der Waals surface area contributed by atoms with E-state index < -0.39 is 10.0 Å². The highest BCUT2D eigenvalue weighted by molar-refractivity contribution is 7.89. The third-order valence-corrected chi connectivity index (χ3v) is 5.81. The molecule has 1 heterocycles. The minimum Gasteiger partial charge on any atom is -0.487 e. The Balaban J connectivity index is 2.25. The predicted octanol–water partition coefficient (Wildman–Crippen LogP) is 2.03. The van der Waals surface area contributed by atoms with Gasteiger partial charge in [-0.1, -0.05) is 18.5 Å². The summed E-state index contributed by atoms with van der Waals surface area (Å²) in [5, 5.41) is 3.56. The minimum atomic E-state index is -3.75. The van der Waals surface area contributed by atoms with Crippen LogP contribution in [-0.4, -0.2) is 47.4 Å². The second kappa shape index (κ2) is 8.49. The molecule has 3 atom stereocenters. The summed E-state index contributed by atoms with van der Waals surface area (Å²) < 4.78 is 39.2.